The molecule has 1 heterocycles. The van der Waals surface area contributed by atoms with E-state index >= 15 is 0 Å². The third-order valence-electron chi connectivity index (χ3n) is 2.71. The summed E-state index contributed by atoms with van der Waals surface area (Å²) in [5.41, 5.74) is -0.232. The van der Waals surface area contributed by atoms with Crippen molar-refractivity contribution in [3.8, 4) is 5.75 Å². The largest absolute Gasteiger partial charge is 0.486 e. The van der Waals surface area contributed by atoms with Gasteiger partial charge < -0.3 is 14.3 Å². The fraction of sp³-hybridized carbons (Fsp3) is 0.545. The van der Waals surface area contributed by atoms with Crippen molar-refractivity contribution in [2.45, 2.75) is 25.9 Å². The normalized spacial score (nSPS) is 16.1. The highest BCUT2D eigenvalue weighted by Gasteiger charge is 2.18. The first-order valence-electron chi connectivity index (χ1n) is 5.15. The van der Waals surface area contributed by atoms with Crippen molar-refractivity contribution in [1.29, 1.82) is 0 Å². The Hall–Kier alpha value is -1.29. The second-order valence-corrected chi connectivity index (χ2v) is 3.84. The maximum atomic E-state index is 11.4. The minimum atomic E-state index is -0.266. The molecular weight excluding hydrogens is 196 g/mol. The fourth-order valence-electron chi connectivity index (χ4n) is 1.49. The van der Waals surface area contributed by atoms with Gasteiger partial charge in [-0.05, 0) is 18.8 Å². The molecule has 15 heavy (non-hydrogen) atoms. The molecule has 1 aliphatic rings. The van der Waals surface area contributed by atoms with Crippen LogP contribution < -0.4 is 10.2 Å². The van der Waals surface area contributed by atoms with E-state index in [1.165, 1.54) is 31.6 Å². The van der Waals surface area contributed by atoms with Gasteiger partial charge in [-0.25, -0.2) is 0 Å². The molecule has 0 atom stereocenters. The summed E-state index contributed by atoms with van der Waals surface area (Å²) in [4.78, 5) is 11.4. The smallest absolute Gasteiger partial charge is 0.227 e. The van der Waals surface area contributed by atoms with Gasteiger partial charge in [0.1, 0.15) is 18.6 Å². The topological polar surface area (TPSA) is 59.7 Å². The van der Waals surface area contributed by atoms with Crippen molar-refractivity contribution < 1.29 is 14.3 Å². The summed E-state index contributed by atoms with van der Waals surface area (Å²) in [5, 5.41) is 8.74. The average Bonchev–Trinajstić information content (AvgIpc) is 2.18. The van der Waals surface area contributed by atoms with Crippen molar-refractivity contribution in [3.05, 3.63) is 28.3 Å². The van der Waals surface area contributed by atoms with Crippen LogP contribution in [0.4, 0.5) is 0 Å². The molecule has 0 bridgehead atoms. The molecule has 1 fully saturated rings. The van der Waals surface area contributed by atoms with Crippen molar-refractivity contribution in [1.82, 2.24) is 0 Å². The van der Waals surface area contributed by atoms with Gasteiger partial charge in [0.15, 0.2) is 0 Å². The van der Waals surface area contributed by atoms with Gasteiger partial charge in [0.05, 0.1) is 6.61 Å². The number of hydrogen-bond donors (Lipinski definition) is 1. The Kier molecular flexibility index (Phi) is 3.06. The molecule has 0 spiro atoms. The standard InChI is InChI=1S/C11H14O4/c12-5-9-4-10(13)11(7-14-9)15-6-8-2-1-3-8/h4,7-8,12H,1-3,5-6H2. The number of rotatable bonds is 4. The lowest BCUT2D eigenvalue weighted by atomic mass is 9.86. The maximum absolute atomic E-state index is 11.4. The molecule has 4 heteroatoms. The van der Waals surface area contributed by atoms with Crippen LogP contribution in [0.2, 0.25) is 0 Å². The fourth-order valence-corrected chi connectivity index (χ4v) is 1.49. The second-order valence-electron chi connectivity index (χ2n) is 3.84. The number of aliphatic hydroxyl groups is 1. The first kappa shape index (κ1) is 10.2. The van der Waals surface area contributed by atoms with Crippen molar-refractivity contribution in [2.75, 3.05) is 6.61 Å². The highest BCUT2D eigenvalue weighted by Crippen LogP contribution is 2.26. The highest BCUT2D eigenvalue weighted by atomic mass is 16.5. The summed E-state index contributed by atoms with van der Waals surface area (Å²) >= 11 is 0. The molecule has 1 aliphatic carbocycles. The van der Waals surface area contributed by atoms with E-state index in [0.29, 0.717) is 12.5 Å². The monoisotopic (exact) mass is 210 g/mol. The summed E-state index contributed by atoms with van der Waals surface area (Å²) in [6.45, 7) is 0.321. The molecule has 0 radical (unpaired) electrons. The van der Waals surface area contributed by atoms with E-state index in [1.807, 2.05) is 0 Å². The lowest BCUT2D eigenvalue weighted by molar-refractivity contribution is 0.174. The SMILES string of the molecule is O=c1cc(CO)occ1OCC1CCC1. The van der Waals surface area contributed by atoms with E-state index in [-0.39, 0.29) is 23.5 Å². The second kappa shape index (κ2) is 4.49. The van der Waals surface area contributed by atoms with E-state index in [4.69, 9.17) is 14.3 Å². The average molecular weight is 210 g/mol. The summed E-state index contributed by atoms with van der Waals surface area (Å²) in [6, 6.07) is 1.26. The quantitative estimate of drug-likeness (QED) is 0.814. The Labute approximate surface area is 87.5 Å². The van der Waals surface area contributed by atoms with Crippen LogP contribution in [0.15, 0.2) is 21.5 Å². The molecule has 1 aromatic rings. The van der Waals surface area contributed by atoms with Crippen LogP contribution in [0.25, 0.3) is 0 Å². The highest BCUT2D eigenvalue weighted by molar-refractivity contribution is 5.17. The summed E-state index contributed by atoms with van der Waals surface area (Å²) < 4.78 is 10.3. The zero-order chi connectivity index (χ0) is 10.7. The van der Waals surface area contributed by atoms with Gasteiger partial charge in [0.2, 0.25) is 11.2 Å². The predicted molar refractivity (Wildman–Crippen MR) is 53.7 cm³/mol. The predicted octanol–water partition coefficient (Wildman–Crippen LogP) is 1.31. The van der Waals surface area contributed by atoms with Gasteiger partial charge in [-0.3, -0.25) is 4.79 Å². The molecule has 2 rings (SSSR count). The number of ether oxygens (including phenoxy) is 1. The molecule has 4 nitrogen and oxygen atoms in total. The Bertz CT molecular complexity index is 378. The zero-order valence-corrected chi connectivity index (χ0v) is 8.44. The Balaban J connectivity index is 1.98. The maximum Gasteiger partial charge on any atom is 0.227 e. The van der Waals surface area contributed by atoms with Crippen LogP contribution in [0.3, 0.4) is 0 Å². The van der Waals surface area contributed by atoms with Gasteiger partial charge in [0.25, 0.3) is 0 Å². The third kappa shape index (κ3) is 2.39. The van der Waals surface area contributed by atoms with E-state index in [0.717, 1.165) is 0 Å². The molecule has 82 valence electrons. The van der Waals surface area contributed by atoms with Crippen molar-refractivity contribution in [3.63, 3.8) is 0 Å². The number of aliphatic hydroxyl groups excluding tert-OH is 1. The zero-order valence-electron chi connectivity index (χ0n) is 8.44. The lowest BCUT2D eigenvalue weighted by Gasteiger charge is -2.24. The molecule has 1 saturated carbocycles. The lowest BCUT2D eigenvalue weighted by Crippen LogP contribution is -2.21. The van der Waals surface area contributed by atoms with E-state index < -0.39 is 0 Å². The minimum Gasteiger partial charge on any atom is -0.486 e. The van der Waals surface area contributed by atoms with Crippen LogP contribution in [-0.4, -0.2) is 11.7 Å². The molecule has 0 unspecified atom stereocenters. The summed E-state index contributed by atoms with van der Waals surface area (Å²) in [7, 11) is 0. The minimum absolute atomic E-state index is 0.232. The molecule has 0 aliphatic heterocycles. The Morgan fingerprint density at radius 2 is 2.33 bits per heavy atom. The molecular formula is C11H14O4. The van der Waals surface area contributed by atoms with E-state index in [9.17, 15) is 4.79 Å². The Morgan fingerprint density at radius 3 is 2.87 bits per heavy atom. The van der Waals surface area contributed by atoms with Crippen LogP contribution in [0, 0.1) is 5.92 Å². The van der Waals surface area contributed by atoms with Gasteiger partial charge in [-0.1, -0.05) is 6.42 Å². The third-order valence-corrected chi connectivity index (χ3v) is 2.71. The summed E-state index contributed by atoms with van der Waals surface area (Å²) in [5.74, 6) is 1.08. The first-order chi connectivity index (χ1) is 7.29. The van der Waals surface area contributed by atoms with Crippen LogP contribution >= 0.6 is 0 Å². The van der Waals surface area contributed by atoms with Crippen LogP contribution in [-0.2, 0) is 6.61 Å². The van der Waals surface area contributed by atoms with Gasteiger partial charge in [0, 0.05) is 6.07 Å². The first-order valence-corrected chi connectivity index (χ1v) is 5.15. The molecule has 0 saturated heterocycles. The molecule has 0 amide bonds. The Morgan fingerprint density at radius 1 is 1.53 bits per heavy atom. The van der Waals surface area contributed by atoms with Gasteiger partial charge in [-0.2, -0.15) is 0 Å². The molecule has 1 N–H and O–H groups in total. The number of hydrogen-bond acceptors (Lipinski definition) is 4. The molecule has 0 aromatic carbocycles. The van der Waals surface area contributed by atoms with Gasteiger partial charge in [-0.15, -0.1) is 0 Å². The van der Waals surface area contributed by atoms with Crippen LogP contribution in [0.5, 0.6) is 5.75 Å². The summed E-state index contributed by atoms with van der Waals surface area (Å²) in [6.07, 6.45) is 4.89. The van der Waals surface area contributed by atoms with Gasteiger partial charge >= 0.3 is 0 Å². The van der Waals surface area contributed by atoms with Crippen LogP contribution in [0.1, 0.15) is 25.0 Å². The molecule has 1 aromatic heterocycles. The van der Waals surface area contributed by atoms with Crippen molar-refractivity contribution in [2.24, 2.45) is 5.92 Å². The van der Waals surface area contributed by atoms with E-state index in [1.54, 1.807) is 0 Å². The van der Waals surface area contributed by atoms with Crippen molar-refractivity contribution >= 4 is 0 Å². The van der Waals surface area contributed by atoms with E-state index in [2.05, 4.69) is 0 Å².